The Balaban J connectivity index is 0.000000457. The van der Waals surface area contributed by atoms with Crippen molar-refractivity contribution in [1.82, 2.24) is 0 Å². The van der Waals surface area contributed by atoms with Gasteiger partial charge in [0.15, 0.2) is 0 Å². The summed E-state index contributed by atoms with van der Waals surface area (Å²) >= 11 is 0. The maximum absolute atomic E-state index is 4.00. The van der Waals surface area contributed by atoms with Gasteiger partial charge >= 0.3 is 0 Å². The normalized spacial score (nSPS) is 9.62. The topological polar surface area (TPSA) is 0 Å². The molecule has 0 heteroatoms. The van der Waals surface area contributed by atoms with Crippen LogP contribution in [-0.4, -0.2) is 0 Å². The van der Waals surface area contributed by atoms with Gasteiger partial charge in [0.1, 0.15) is 0 Å². The fraction of sp³-hybridized carbons (Fsp3) is 0. The predicted octanol–water partition coefficient (Wildman–Crippen LogP) is 4.24. The summed E-state index contributed by atoms with van der Waals surface area (Å²) in [4.78, 5) is 0. The molecule has 76 valence electrons. The first-order valence-electron chi connectivity index (χ1n) is 5.14. The van der Waals surface area contributed by atoms with Crippen LogP contribution in [0.5, 0.6) is 0 Å². The maximum atomic E-state index is 4.00. The number of benzene rings is 3. The van der Waals surface area contributed by atoms with Crippen LogP contribution < -0.4 is 0 Å². The first-order chi connectivity index (χ1) is 7.93. The van der Waals surface area contributed by atoms with Crippen LogP contribution in [0.3, 0.4) is 0 Å². The Kier molecular flexibility index (Phi) is 2.89. The van der Waals surface area contributed by atoms with Crippen LogP contribution in [-0.2, 0) is 0 Å². The lowest BCUT2D eigenvalue weighted by Crippen LogP contribution is -1.74. The highest BCUT2D eigenvalue weighted by molar-refractivity contribution is 5.97. The summed E-state index contributed by atoms with van der Waals surface area (Å²) in [5.74, 6) is 0. The Labute approximate surface area is 95.5 Å². The molecule has 16 heavy (non-hydrogen) atoms. The van der Waals surface area contributed by atoms with Crippen LogP contribution >= 0.6 is 0 Å². The first-order valence-corrected chi connectivity index (χ1v) is 5.14. The van der Waals surface area contributed by atoms with Gasteiger partial charge in [-0.05, 0) is 33.7 Å². The molecule has 0 bridgehead atoms. The smallest absolute Gasteiger partial charge is 0.0178 e. The number of hydrogen-bond acceptors (Lipinski definition) is 0. The van der Waals surface area contributed by atoms with Crippen molar-refractivity contribution < 1.29 is 0 Å². The highest BCUT2D eigenvalue weighted by atomic mass is 14.0. The van der Waals surface area contributed by atoms with Crippen LogP contribution in [0, 0.1) is 12.8 Å². The summed E-state index contributed by atoms with van der Waals surface area (Å²) < 4.78 is 0. The molecule has 3 aromatic carbocycles. The molecule has 0 aliphatic heterocycles. The molecule has 3 rings (SSSR count). The average Bonchev–Trinajstić information content (AvgIpc) is 2.38. The van der Waals surface area contributed by atoms with Gasteiger partial charge in [-0.1, -0.05) is 48.5 Å². The van der Waals surface area contributed by atoms with E-state index < -0.39 is 0 Å². The molecule has 0 heterocycles. The Hall–Kier alpha value is -2.26. The van der Waals surface area contributed by atoms with Gasteiger partial charge in [0.25, 0.3) is 0 Å². The third kappa shape index (κ3) is 1.76. The minimum absolute atomic E-state index is 1.31. The van der Waals surface area contributed by atoms with E-state index in [4.69, 9.17) is 0 Å². The van der Waals surface area contributed by atoms with Crippen LogP contribution in [0.1, 0.15) is 0 Å². The van der Waals surface area contributed by atoms with E-state index in [0.29, 0.717) is 0 Å². The number of hydrogen-bond donors (Lipinski definition) is 0. The van der Waals surface area contributed by atoms with Gasteiger partial charge in [-0.25, -0.2) is 0 Å². The van der Waals surface area contributed by atoms with Gasteiger partial charge in [-0.15, -0.1) is 12.8 Å². The van der Waals surface area contributed by atoms with Crippen molar-refractivity contribution in [3.8, 4) is 12.8 Å². The lowest BCUT2D eigenvalue weighted by molar-refractivity contribution is 1.76. The van der Waals surface area contributed by atoms with Crippen LogP contribution in [0.25, 0.3) is 21.5 Å². The fourth-order valence-electron chi connectivity index (χ4n) is 1.88. The summed E-state index contributed by atoms with van der Waals surface area (Å²) in [6.45, 7) is 0. The third-order valence-corrected chi connectivity index (χ3v) is 2.61. The molecule has 0 amide bonds. The molecule has 0 radical (unpaired) electrons. The third-order valence-electron chi connectivity index (χ3n) is 2.61. The van der Waals surface area contributed by atoms with Gasteiger partial charge in [0.2, 0.25) is 0 Å². The second-order valence-corrected chi connectivity index (χ2v) is 3.55. The van der Waals surface area contributed by atoms with E-state index in [1.165, 1.54) is 21.5 Å². The molecule has 0 aliphatic rings. The zero-order chi connectivity index (χ0) is 11.4. The molecule has 0 fully saturated rings. The Morgan fingerprint density at radius 1 is 0.500 bits per heavy atom. The quantitative estimate of drug-likeness (QED) is 0.379. The van der Waals surface area contributed by atoms with Crippen molar-refractivity contribution in [1.29, 1.82) is 0 Å². The molecule has 0 nitrogen and oxygen atoms in total. The van der Waals surface area contributed by atoms with Crippen LogP contribution in [0.2, 0.25) is 0 Å². The monoisotopic (exact) mass is 204 g/mol. The van der Waals surface area contributed by atoms with E-state index in [2.05, 4.69) is 73.5 Å². The van der Waals surface area contributed by atoms with E-state index in [1.54, 1.807) is 0 Å². The van der Waals surface area contributed by atoms with Crippen molar-refractivity contribution in [3.63, 3.8) is 0 Å². The summed E-state index contributed by atoms with van der Waals surface area (Å²) in [5.41, 5.74) is 0. The lowest BCUT2D eigenvalue weighted by Gasteiger charge is -2.00. The lowest BCUT2D eigenvalue weighted by atomic mass is 10.0. The van der Waals surface area contributed by atoms with Crippen molar-refractivity contribution in [2.24, 2.45) is 0 Å². The molecule has 0 unspecified atom stereocenters. The minimum Gasteiger partial charge on any atom is -0.124 e. The molecular formula is C16H12. The second-order valence-electron chi connectivity index (χ2n) is 3.55. The van der Waals surface area contributed by atoms with Gasteiger partial charge in [-0.3, -0.25) is 0 Å². The minimum atomic E-state index is 1.31. The van der Waals surface area contributed by atoms with Gasteiger partial charge < -0.3 is 0 Å². The van der Waals surface area contributed by atoms with Gasteiger partial charge in [0, 0.05) is 0 Å². The van der Waals surface area contributed by atoms with Crippen LogP contribution in [0.15, 0.2) is 60.7 Å². The molecule has 0 aromatic heterocycles. The van der Waals surface area contributed by atoms with Gasteiger partial charge in [0.05, 0.1) is 0 Å². The predicted molar refractivity (Wildman–Crippen MR) is 71.3 cm³/mol. The highest BCUT2D eigenvalue weighted by Crippen LogP contribution is 2.21. The average molecular weight is 204 g/mol. The molecule has 0 spiro atoms. The van der Waals surface area contributed by atoms with E-state index in [1.807, 2.05) is 0 Å². The van der Waals surface area contributed by atoms with E-state index in [9.17, 15) is 0 Å². The summed E-state index contributed by atoms with van der Waals surface area (Å²) in [6.07, 6.45) is 8.00. The van der Waals surface area contributed by atoms with Crippen molar-refractivity contribution in [2.75, 3.05) is 0 Å². The second kappa shape index (κ2) is 4.51. The van der Waals surface area contributed by atoms with Crippen LogP contribution in [0.4, 0.5) is 0 Å². The first kappa shape index (κ1) is 10.3. The molecule has 3 aromatic rings. The standard InChI is InChI=1S/C14H10.C2H2/c1-2-6-12-10-14-8-4-3-7-13(14)9-11(12)5-1;1-2/h1-10H;1-2H. The van der Waals surface area contributed by atoms with E-state index >= 15 is 0 Å². The summed E-state index contributed by atoms with van der Waals surface area (Å²) in [7, 11) is 0. The molecule has 0 N–H and O–H groups in total. The summed E-state index contributed by atoms with van der Waals surface area (Å²) in [6, 6.07) is 21.4. The number of terminal acetylenes is 1. The number of rotatable bonds is 0. The van der Waals surface area contributed by atoms with E-state index in [-0.39, 0.29) is 0 Å². The van der Waals surface area contributed by atoms with E-state index in [0.717, 1.165) is 0 Å². The molecule has 0 saturated heterocycles. The Morgan fingerprint density at radius 3 is 1.00 bits per heavy atom. The molecular weight excluding hydrogens is 192 g/mol. The molecule has 0 saturated carbocycles. The maximum Gasteiger partial charge on any atom is -0.0178 e. The zero-order valence-electron chi connectivity index (χ0n) is 8.93. The highest BCUT2D eigenvalue weighted by Gasteiger charge is 1.95. The fourth-order valence-corrected chi connectivity index (χ4v) is 1.88. The largest absolute Gasteiger partial charge is 0.124 e. The van der Waals surface area contributed by atoms with Gasteiger partial charge in [-0.2, -0.15) is 0 Å². The Morgan fingerprint density at radius 2 is 0.750 bits per heavy atom. The SMILES string of the molecule is C#C.c1ccc2cc3ccccc3cc2c1. The van der Waals surface area contributed by atoms with Crippen molar-refractivity contribution >= 4 is 21.5 Å². The number of fused-ring (bicyclic) bond motifs is 2. The molecule has 0 atom stereocenters. The Bertz CT molecular complexity index is 528. The van der Waals surface area contributed by atoms with Crippen molar-refractivity contribution in [2.45, 2.75) is 0 Å². The summed E-state index contributed by atoms with van der Waals surface area (Å²) in [5, 5.41) is 5.25. The van der Waals surface area contributed by atoms with Crippen molar-refractivity contribution in [3.05, 3.63) is 60.7 Å². The molecule has 0 aliphatic carbocycles. The zero-order valence-corrected chi connectivity index (χ0v) is 8.93.